The van der Waals surface area contributed by atoms with Gasteiger partial charge in [0, 0.05) is 25.5 Å². The Morgan fingerprint density at radius 3 is 2.48 bits per heavy atom. The maximum absolute atomic E-state index is 11.7. The number of ether oxygens (including phenoxy) is 1. The summed E-state index contributed by atoms with van der Waals surface area (Å²) < 4.78 is 5.24. The van der Waals surface area contributed by atoms with Crippen LogP contribution in [0.3, 0.4) is 0 Å². The van der Waals surface area contributed by atoms with Crippen LogP contribution in [0.1, 0.15) is 11.1 Å². The number of carbonyl (C=O) groups excluding carboxylic acids is 2. The molecule has 2 amide bonds. The highest BCUT2D eigenvalue weighted by molar-refractivity contribution is 6.35. The van der Waals surface area contributed by atoms with Crippen molar-refractivity contribution in [1.29, 1.82) is 0 Å². The molecule has 1 aromatic heterocycles. The van der Waals surface area contributed by atoms with E-state index in [2.05, 4.69) is 15.6 Å². The molecule has 0 saturated heterocycles. The molecule has 0 unspecified atom stereocenters. The number of hydrogen-bond acceptors (Lipinski definition) is 4. The SMILES string of the molecule is COc1ccccc1CCNC(=O)C(=O)NCc1ccncc1. The van der Waals surface area contributed by atoms with Gasteiger partial charge in [0.2, 0.25) is 0 Å². The van der Waals surface area contributed by atoms with Crippen LogP contribution in [0.2, 0.25) is 0 Å². The summed E-state index contributed by atoms with van der Waals surface area (Å²) >= 11 is 0. The van der Waals surface area contributed by atoms with E-state index in [-0.39, 0.29) is 0 Å². The molecule has 0 spiro atoms. The Bertz CT molecular complexity index is 659. The van der Waals surface area contributed by atoms with Crippen LogP contribution in [0.4, 0.5) is 0 Å². The van der Waals surface area contributed by atoms with Crippen molar-refractivity contribution in [2.75, 3.05) is 13.7 Å². The predicted octanol–water partition coefficient (Wildman–Crippen LogP) is 1.07. The molecule has 0 bridgehead atoms. The lowest BCUT2D eigenvalue weighted by Gasteiger charge is -2.09. The zero-order valence-corrected chi connectivity index (χ0v) is 12.9. The Hall–Kier alpha value is -2.89. The monoisotopic (exact) mass is 313 g/mol. The van der Waals surface area contributed by atoms with Crippen LogP contribution in [-0.4, -0.2) is 30.5 Å². The van der Waals surface area contributed by atoms with E-state index in [1.54, 1.807) is 31.6 Å². The van der Waals surface area contributed by atoms with Crippen molar-refractivity contribution >= 4 is 11.8 Å². The summed E-state index contributed by atoms with van der Waals surface area (Å²) in [6, 6.07) is 11.1. The van der Waals surface area contributed by atoms with Crippen LogP contribution < -0.4 is 15.4 Å². The van der Waals surface area contributed by atoms with E-state index in [9.17, 15) is 9.59 Å². The quantitative estimate of drug-likeness (QED) is 0.782. The van der Waals surface area contributed by atoms with Crippen LogP contribution in [-0.2, 0) is 22.6 Å². The topological polar surface area (TPSA) is 80.3 Å². The first-order valence-electron chi connectivity index (χ1n) is 7.27. The van der Waals surface area contributed by atoms with Crippen LogP contribution in [0.5, 0.6) is 5.75 Å². The zero-order valence-electron chi connectivity index (χ0n) is 12.9. The molecule has 0 aliphatic carbocycles. The van der Waals surface area contributed by atoms with E-state index in [4.69, 9.17) is 4.74 Å². The van der Waals surface area contributed by atoms with E-state index in [0.29, 0.717) is 19.5 Å². The molecule has 2 N–H and O–H groups in total. The van der Waals surface area contributed by atoms with Crippen molar-refractivity contribution in [2.45, 2.75) is 13.0 Å². The third kappa shape index (κ3) is 5.10. The average molecular weight is 313 g/mol. The number of amides is 2. The number of nitrogens with one attached hydrogen (secondary N) is 2. The maximum Gasteiger partial charge on any atom is 0.309 e. The van der Waals surface area contributed by atoms with Gasteiger partial charge in [-0.25, -0.2) is 0 Å². The van der Waals surface area contributed by atoms with Gasteiger partial charge in [-0.05, 0) is 35.7 Å². The second kappa shape index (κ2) is 8.53. The normalized spacial score (nSPS) is 9.96. The summed E-state index contributed by atoms with van der Waals surface area (Å²) in [7, 11) is 1.60. The number of nitrogens with zero attached hydrogens (tertiary/aromatic N) is 1. The van der Waals surface area contributed by atoms with Crippen molar-refractivity contribution in [1.82, 2.24) is 15.6 Å². The van der Waals surface area contributed by atoms with Crippen LogP contribution >= 0.6 is 0 Å². The van der Waals surface area contributed by atoms with Crippen molar-refractivity contribution in [3.05, 3.63) is 59.9 Å². The summed E-state index contributed by atoms with van der Waals surface area (Å²) in [6.45, 7) is 0.656. The Balaban J connectivity index is 1.75. The second-order valence-electron chi connectivity index (χ2n) is 4.86. The molecule has 0 atom stereocenters. The number of para-hydroxylation sites is 1. The summed E-state index contributed by atoms with van der Waals surface area (Å²) in [5.74, 6) is -0.528. The number of pyridine rings is 1. The molecule has 1 aromatic carbocycles. The third-order valence-electron chi connectivity index (χ3n) is 3.28. The van der Waals surface area contributed by atoms with Gasteiger partial charge < -0.3 is 15.4 Å². The van der Waals surface area contributed by atoms with Gasteiger partial charge >= 0.3 is 11.8 Å². The van der Waals surface area contributed by atoms with Gasteiger partial charge in [0.25, 0.3) is 0 Å². The predicted molar refractivity (Wildman–Crippen MR) is 85.8 cm³/mol. The molecule has 6 nitrogen and oxygen atoms in total. The Morgan fingerprint density at radius 2 is 1.74 bits per heavy atom. The van der Waals surface area contributed by atoms with E-state index in [0.717, 1.165) is 16.9 Å². The number of rotatable bonds is 6. The van der Waals surface area contributed by atoms with Gasteiger partial charge in [-0.2, -0.15) is 0 Å². The fourth-order valence-electron chi connectivity index (χ4n) is 2.06. The summed E-state index contributed by atoms with van der Waals surface area (Å²) in [5.41, 5.74) is 1.86. The molecule has 0 aliphatic heterocycles. The number of hydrogen-bond donors (Lipinski definition) is 2. The number of methoxy groups -OCH3 is 1. The fourth-order valence-corrected chi connectivity index (χ4v) is 2.06. The van der Waals surface area contributed by atoms with Gasteiger partial charge in [0.1, 0.15) is 5.75 Å². The first kappa shape index (κ1) is 16.5. The van der Waals surface area contributed by atoms with Crippen LogP contribution in [0, 0.1) is 0 Å². The Labute approximate surface area is 134 Å². The summed E-state index contributed by atoms with van der Waals surface area (Å²) in [4.78, 5) is 27.3. The highest BCUT2D eigenvalue weighted by Gasteiger charge is 2.12. The molecule has 2 rings (SSSR count). The van der Waals surface area contributed by atoms with Gasteiger partial charge in [0.05, 0.1) is 7.11 Å². The van der Waals surface area contributed by atoms with Crippen molar-refractivity contribution < 1.29 is 14.3 Å². The summed E-state index contributed by atoms with van der Waals surface area (Å²) in [6.07, 6.45) is 3.86. The maximum atomic E-state index is 11.7. The Kier molecular flexibility index (Phi) is 6.11. The molecule has 0 radical (unpaired) electrons. The molecule has 2 aromatic rings. The van der Waals surface area contributed by atoms with Gasteiger partial charge in [0.15, 0.2) is 0 Å². The average Bonchev–Trinajstić information content (AvgIpc) is 2.60. The lowest BCUT2D eigenvalue weighted by molar-refractivity contribution is -0.139. The van der Waals surface area contributed by atoms with Crippen molar-refractivity contribution in [3.8, 4) is 5.75 Å². The van der Waals surface area contributed by atoms with Crippen molar-refractivity contribution in [2.24, 2.45) is 0 Å². The molecule has 0 aliphatic rings. The zero-order chi connectivity index (χ0) is 16.5. The third-order valence-corrected chi connectivity index (χ3v) is 3.28. The van der Waals surface area contributed by atoms with Crippen LogP contribution in [0.25, 0.3) is 0 Å². The molecule has 1 heterocycles. The van der Waals surface area contributed by atoms with Crippen molar-refractivity contribution in [3.63, 3.8) is 0 Å². The minimum atomic E-state index is -0.651. The summed E-state index contributed by atoms with van der Waals surface area (Å²) in [5, 5.41) is 5.17. The van der Waals surface area contributed by atoms with Crippen LogP contribution in [0.15, 0.2) is 48.8 Å². The second-order valence-corrected chi connectivity index (χ2v) is 4.86. The molecule has 120 valence electrons. The highest BCUT2D eigenvalue weighted by atomic mass is 16.5. The first-order chi connectivity index (χ1) is 11.2. The minimum absolute atomic E-state index is 0.293. The molecule has 6 heteroatoms. The number of aromatic nitrogens is 1. The van der Waals surface area contributed by atoms with E-state index >= 15 is 0 Å². The van der Waals surface area contributed by atoms with Gasteiger partial charge in [-0.1, -0.05) is 18.2 Å². The smallest absolute Gasteiger partial charge is 0.309 e. The minimum Gasteiger partial charge on any atom is -0.496 e. The Morgan fingerprint density at radius 1 is 1.04 bits per heavy atom. The lowest BCUT2D eigenvalue weighted by atomic mass is 10.1. The number of carbonyl (C=O) groups is 2. The molecule has 23 heavy (non-hydrogen) atoms. The highest BCUT2D eigenvalue weighted by Crippen LogP contribution is 2.17. The molecular weight excluding hydrogens is 294 g/mol. The molecular formula is C17H19N3O3. The standard InChI is InChI=1S/C17H19N3O3/c1-23-15-5-3-2-4-14(15)8-11-19-16(21)17(22)20-12-13-6-9-18-10-7-13/h2-7,9-10H,8,11-12H2,1H3,(H,19,21)(H,20,22). The molecule has 0 saturated carbocycles. The first-order valence-corrected chi connectivity index (χ1v) is 7.27. The lowest BCUT2D eigenvalue weighted by Crippen LogP contribution is -2.40. The fraction of sp³-hybridized carbons (Fsp3) is 0.235. The largest absolute Gasteiger partial charge is 0.496 e. The van der Waals surface area contributed by atoms with E-state index in [1.807, 2.05) is 24.3 Å². The van der Waals surface area contributed by atoms with Gasteiger partial charge in [-0.3, -0.25) is 14.6 Å². The molecule has 0 fully saturated rings. The van der Waals surface area contributed by atoms with E-state index < -0.39 is 11.8 Å². The van der Waals surface area contributed by atoms with E-state index in [1.165, 1.54) is 0 Å². The van der Waals surface area contributed by atoms with Gasteiger partial charge in [-0.15, -0.1) is 0 Å². The number of benzene rings is 1.